The first kappa shape index (κ1) is 14.0. The molecule has 0 aliphatic heterocycles. The fraction of sp³-hybridized carbons (Fsp3) is 0.333. The third-order valence-corrected chi connectivity index (χ3v) is 3.37. The topological polar surface area (TPSA) is 88.7 Å². The summed E-state index contributed by atoms with van der Waals surface area (Å²) in [5.74, 6) is -2.55. The molecule has 0 aliphatic rings. The van der Waals surface area contributed by atoms with Crippen molar-refractivity contribution in [2.24, 2.45) is 0 Å². The van der Waals surface area contributed by atoms with Gasteiger partial charge in [-0.15, -0.1) is 0 Å². The fourth-order valence-electron chi connectivity index (χ4n) is 1.10. The second-order valence-electron chi connectivity index (χ2n) is 3.15. The molecule has 0 aromatic heterocycles. The molecule has 1 aromatic carbocycles. The molecule has 0 saturated carbocycles. The molecular formula is C9H10F2NO4S-. The Balaban J connectivity index is 3.14. The van der Waals surface area contributed by atoms with Crippen molar-refractivity contribution in [3.63, 3.8) is 0 Å². The molecule has 0 fully saturated rings. The van der Waals surface area contributed by atoms with Gasteiger partial charge in [-0.25, -0.2) is 17.2 Å². The number of hydrogen-bond donors (Lipinski definition) is 2. The Hall–Kier alpha value is -1.09. The van der Waals surface area contributed by atoms with Gasteiger partial charge in [0.25, 0.3) is 0 Å². The van der Waals surface area contributed by atoms with Crippen LogP contribution in [0.4, 0.5) is 8.78 Å². The van der Waals surface area contributed by atoms with Gasteiger partial charge in [0.05, 0.1) is 0 Å². The van der Waals surface area contributed by atoms with Crippen LogP contribution >= 0.6 is 0 Å². The number of nitrogens with zero attached hydrogens (tertiary/aromatic N) is 1. The highest BCUT2D eigenvalue weighted by molar-refractivity contribution is 7.94. The maximum atomic E-state index is 13.2. The van der Waals surface area contributed by atoms with E-state index in [-0.39, 0.29) is 0 Å². The van der Waals surface area contributed by atoms with Crippen LogP contribution in [0.3, 0.4) is 0 Å². The molecule has 5 nitrogen and oxygen atoms in total. The first-order valence-corrected chi connectivity index (χ1v) is 5.99. The number of aliphatic hydroxyl groups is 2. The molecule has 8 heteroatoms. The number of rotatable bonds is 5. The van der Waals surface area contributed by atoms with E-state index in [1.807, 2.05) is 0 Å². The molecule has 0 saturated heterocycles. The first-order chi connectivity index (χ1) is 7.92. The minimum absolute atomic E-state index is 0.744. The van der Waals surface area contributed by atoms with Crippen LogP contribution in [0.5, 0.6) is 0 Å². The molecule has 1 rings (SSSR count). The van der Waals surface area contributed by atoms with Crippen LogP contribution in [-0.2, 0) is 10.0 Å². The highest BCUT2D eigenvalue weighted by Gasteiger charge is 2.18. The summed E-state index contributed by atoms with van der Waals surface area (Å²) in [6, 6.07) is 1.23. The van der Waals surface area contributed by atoms with Crippen LogP contribution in [0.25, 0.3) is 4.72 Å². The van der Waals surface area contributed by atoms with Gasteiger partial charge in [-0.2, -0.15) is 0 Å². The molecule has 1 aromatic rings. The summed E-state index contributed by atoms with van der Waals surface area (Å²) in [7, 11) is -4.59. The summed E-state index contributed by atoms with van der Waals surface area (Å²) in [5, 5.41) is 17.3. The van der Waals surface area contributed by atoms with Crippen LogP contribution in [0.2, 0.25) is 0 Å². The molecule has 0 heterocycles. The molecular weight excluding hydrogens is 256 g/mol. The van der Waals surface area contributed by atoms with Crippen molar-refractivity contribution in [1.29, 1.82) is 0 Å². The fourth-order valence-corrected chi connectivity index (χ4v) is 2.36. The van der Waals surface area contributed by atoms with Gasteiger partial charge >= 0.3 is 0 Å². The smallest absolute Gasteiger partial charge is 0.143 e. The number of sulfonamides is 1. The normalized spacial score (nSPS) is 12.1. The first-order valence-electron chi connectivity index (χ1n) is 4.55. The quantitative estimate of drug-likeness (QED) is 0.806. The Kier molecular flexibility index (Phi) is 4.52. The van der Waals surface area contributed by atoms with E-state index in [0.717, 1.165) is 18.2 Å². The third-order valence-electron chi connectivity index (χ3n) is 1.89. The van der Waals surface area contributed by atoms with Gasteiger partial charge in [-0.1, -0.05) is 12.1 Å². The summed E-state index contributed by atoms with van der Waals surface area (Å²) in [6.07, 6.45) is 0. The maximum Gasteiger partial charge on any atom is 0.143 e. The predicted molar refractivity (Wildman–Crippen MR) is 54.9 cm³/mol. The van der Waals surface area contributed by atoms with Crippen LogP contribution in [-0.4, -0.2) is 37.9 Å². The van der Waals surface area contributed by atoms with Crippen molar-refractivity contribution in [1.82, 2.24) is 0 Å². The van der Waals surface area contributed by atoms with E-state index in [4.69, 9.17) is 10.2 Å². The van der Waals surface area contributed by atoms with Gasteiger partial charge in [0.2, 0.25) is 0 Å². The summed E-state index contributed by atoms with van der Waals surface area (Å²) < 4.78 is 52.5. The zero-order chi connectivity index (χ0) is 13.1. The molecule has 0 unspecified atom stereocenters. The minimum atomic E-state index is -4.59. The lowest BCUT2D eigenvalue weighted by Crippen LogP contribution is -2.21. The lowest BCUT2D eigenvalue weighted by atomic mass is 10.3. The molecule has 2 N–H and O–H groups in total. The molecule has 0 aliphatic carbocycles. The number of hydrogen-bond acceptors (Lipinski definition) is 4. The van der Waals surface area contributed by atoms with E-state index < -0.39 is 45.8 Å². The lowest BCUT2D eigenvalue weighted by Gasteiger charge is -2.28. The highest BCUT2D eigenvalue weighted by Crippen LogP contribution is 2.24. The Morgan fingerprint density at radius 2 is 1.65 bits per heavy atom. The number of halogens is 2. The number of benzene rings is 1. The van der Waals surface area contributed by atoms with Gasteiger partial charge in [0, 0.05) is 13.2 Å². The second kappa shape index (κ2) is 5.50. The van der Waals surface area contributed by atoms with Crippen LogP contribution in [0.1, 0.15) is 0 Å². The molecule has 0 amide bonds. The van der Waals surface area contributed by atoms with Crippen molar-refractivity contribution < 1.29 is 27.4 Å². The average Bonchev–Trinajstić information content (AvgIpc) is 2.25. The lowest BCUT2D eigenvalue weighted by molar-refractivity contribution is 0.210. The standard InChI is InChI=1S/C9H10F2NO4S/c10-7-2-1-3-8(11)9(7)17(15,16)12-6(4-13)5-14/h1-3,6,13-14H,4-5H2/q-1. The van der Waals surface area contributed by atoms with Crippen molar-refractivity contribution in [2.45, 2.75) is 10.9 Å². The van der Waals surface area contributed by atoms with Gasteiger partial charge < -0.3 is 14.9 Å². The van der Waals surface area contributed by atoms with Crippen molar-refractivity contribution >= 4 is 10.0 Å². The monoisotopic (exact) mass is 266 g/mol. The summed E-state index contributed by atoms with van der Waals surface area (Å²) >= 11 is 0. The molecule has 17 heavy (non-hydrogen) atoms. The molecule has 0 atom stereocenters. The Morgan fingerprint density at radius 1 is 1.18 bits per heavy atom. The Bertz CT molecular complexity index is 468. The minimum Gasteiger partial charge on any atom is -0.538 e. The van der Waals surface area contributed by atoms with Crippen molar-refractivity contribution in [3.8, 4) is 0 Å². The molecule has 0 radical (unpaired) electrons. The van der Waals surface area contributed by atoms with E-state index in [0.29, 0.717) is 0 Å². The Morgan fingerprint density at radius 3 is 2.06 bits per heavy atom. The average molecular weight is 266 g/mol. The summed E-state index contributed by atoms with van der Waals surface area (Å²) in [4.78, 5) is -1.19. The molecule has 0 bridgehead atoms. The zero-order valence-corrected chi connectivity index (χ0v) is 9.36. The molecule has 96 valence electrons. The maximum absolute atomic E-state index is 13.2. The van der Waals surface area contributed by atoms with Crippen LogP contribution in [0, 0.1) is 11.6 Å². The second-order valence-corrected chi connectivity index (χ2v) is 4.72. The van der Waals surface area contributed by atoms with E-state index in [9.17, 15) is 17.2 Å². The van der Waals surface area contributed by atoms with Crippen LogP contribution in [0.15, 0.2) is 23.1 Å². The van der Waals surface area contributed by atoms with Gasteiger partial charge in [-0.3, -0.25) is 0 Å². The summed E-state index contributed by atoms with van der Waals surface area (Å²) in [6.45, 7) is -1.49. The van der Waals surface area contributed by atoms with E-state index in [1.165, 1.54) is 0 Å². The Labute approximate surface area is 96.8 Å². The largest absolute Gasteiger partial charge is 0.538 e. The highest BCUT2D eigenvalue weighted by atomic mass is 32.2. The zero-order valence-electron chi connectivity index (χ0n) is 8.55. The van der Waals surface area contributed by atoms with E-state index in [1.54, 1.807) is 0 Å². The van der Waals surface area contributed by atoms with Gasteiger partial charge in [-0.05, 0) is 12.1 Å². The SMILES string of the molecule is O=S(=O)([N-]C(CO)CO)c1c(F)cccc1F. The number of aliphatic hydroxyl groups excluding tert-OH is 2. The summed E-state index contributed by atoms with van der Waals surface area (Å²) in [5.41, 5.74) is 0. The van der Waals surface area contributed by atoms with Gasteiger partial charge in [0.1, 0.15) is 26.6 Å². The van der Waals surface area contributed by atoms with Crippen molar-refractivity contribution in [3.05, 3.63) is 34.6 Å². The van der Waals surface area contributed by atoms with Gasteiger partial charge in [0.15, 0.2) is 0 Å². The van der Waals surface area contributed by atoms with Crippen LogP contribution < -0.4 is 0 Å². The predicted octanol–water partition coefficient (Wildman–Crippen LogP) is 0.380. The van der Waals surface area contributed by atoms with E-state index >= 15 is 0 Å². The van der Waals surface area contributed by atoms with E-state index in [2.05, 4.69) is 4.72 Å². The van der Waals surface area contributed by atoms with Crippen molar-refractivity contribution in [2.75, 3.05) is 13.2 Å². The third kappa shape index (κ3) is 3.19. The molecule has 0 spiro atoms.